The minimum atomic E-state index is -3.50. The Bertz CT molecular complexity index is 759. The molecule has 2 aromatic carbocycles. The number of aliphatic hydroxyl groups is 1. The first-order valence-electron chi connectivity index (χ1n) is 8.18. The van der Waals surface area contributed by atoms with E-state index in [0.717, 1.165) is 36.5 Å². The van der Waals surface area contributed by atoms with E-state index in [2.05, 4.69) is 4.72 Å². The van der Waals surface area contributed by atoms with Crippen molar-refractivity contribution in [3.05, 3.63) is 42.5 Å². The molecule has 2 N–H and O–H groups in total. The number of benzene rings is 2. The molecule has 0 radical (unpaired) electrons. The van der Waals surface area contributed by atoms with Gasteiger partial charge >= 0.3 is 0 Å². The fourth-order valence-corrected chi connectivity index (χ4v) is 4.70. The maximum absolute atomic E-state index is 12.7. The number of hydrogen-bond donors (Lipinski definition) is 2. The SMILES string of the molecule is O=S(=O)(NCC1CCC(CO)CC1)c1cccc2ccccc12. The summed E-state index contributed by atoms with van der Waals surface area (Å²) >= 11 is 0. The van der Waals surface area contributed by atoms with Gasteiger partial charge in [0.15, 0.2) is 0 Å². The Morgan fingerprint density at radius 2 is 1.61 bits per heavy atom. The van der Waals surface area contributed by atoms with Crippen LogP contribution in [0.4, 0.5) is 0 Å². The summed E-state index contributed by atoms with van der Waals surface area (Å²) in [5, 5.41) is 10.9. The van der Waals surface area contributed by atoms with Crippen molar-refractivity contribution >= 4 is 20.8 Å². The van der Waals surface area contributed by atoms with E-state index in [4.69, 9.17) is 0 Å². The number of hydrogen-bond acceptors (Lipinski definition) is 3. The van der Waals surface area contributed by atoms with E-state index in [1.54, 1.807) is 12.1 Å². The van der Waals surface area contributed by atoms with Crippen molar-refractivity contribution in [3.63, 3.8) is 0 Å². The molecule has 0 spiro atoms. The van der Waals surface area contributed by atoms with Crippen LogP contribution in [-0.4, -0.2) is 26.7 Å². The van der Waals surface area contributed by atoms with Crippen molar-refractivity contribution in [1.82, 2.24) is 4.72 Å². The molecule has 2 aromatic rings. The molecule has 1 aliphatic rings. The highest BCUT2D eigenvalue weighted by atomic mass is 32.2. The Hall–Kier alpha value is -1.43. The number of fused-ring (bicyclic) bond motifs is 1. The molecule has 1 saturated carbocycles. The Balaban J connectivity index is 1.72. The number of aliphatic hydroxyl groups excluding tert-OH is 1. The number of rotatable bonds is 5. The maximum atomic E-state index is 12.7. The van der Waals surface area contributed by atoms with Gasteiger partial charge in [-0.3, -0.25) is 0 Å². The molecule has 0 aliphatic heterocycles. The van der Waals surface area contributed by atoms with Crippen molar-refractivity contribution < 1.29 is 13.5 Å². The number of nitrogens with one attached hydrogen (secondary N) is 1. The van der Waals surface area contributed by atoms with E-state index in [9.17, 15) is 13.5 Å². The van der Waals surface area contributed by atoms with E-state index < -0.39 is 10.0 Å². The topological polar surface area (TPSA) is 66.4 Å². The molecular weight excluding hydrogens is 310 g/mol. The second-order valence-electron chi connectivity index (χ2n) is 6.40. The van der Waals surface area contributed by atoms with Crippen LogP contribution in [0.1, 0.15) is 25.7 Å². The first-order valence-corrected chi connectivity index (χ1v) is 9.67. The molecule has 23 heavy (non-hydrogen) atoms. The minimum absolute atomic E-state index is 0.244. The van der Waals surface area contributed by atoms with Crippen LogP contribution in [0.25, 0.3) is 10.8 Å². The van der Waals surface area contributed by atoms with Gasteiger partial charge < -0.3 is 5.11 Å². The summed E-state index contributed by atoms with van der Waals surface area (Å²) in [7, 11) is -3.50. The van der Waals surface area contributed by atoms with Crippen LogP contribution < -0.4 is 4.72 Å². The summed E-state index contributed by atoms with van der Waals surface area (Å²) in [6, 6.07) is 12.9. The van der Waals surface area contributed by atoms with Gasteiger partial charge in [-0.05, 0) is 49.0 Å². The summed E-state index contributed by atoms with van der Waals surface area (Å²) in [6.45, 7) is 0.720. The van der Waals surface area contributed by atoms with E-state index in [0.29, 0.717) is 23.3 Å². The van der Waals surface area contributed by atoms with Crippen molar-refractivity contribution in [1.29, 1.82) is 0 Å². The summed E-state index contributed by atoms with van der Waals surface area (Å²) in [4.78, 5) is 0.347. The standard InChI is InChI=1S/C18H23NO3S/c20-13-15-10-8-14(9-11-15)12-19-23(21,22)18-7-3-5-16-4-1-2-6-17(16)18/h1-7,14-15,19-20H,8-13H2. The van der Waals surface area contributed by atoms with E-state index in [-0.39, 0.29) is 6.61 Å². The Morgan fingerprint density at radius 1 is 0.957 bits per heavy atom. The largest absolute Gasteiger partial charge is 0.396 e. The summed E-state index contributed by atoms with van der Waals surface area (Å²) < 4.78 is 28.1. The minimum Gasteiger partial charge on any atom is -0.396 e. The molecule has 0 bridgehead atoms. The molecule has 5 heteroatoms. The van der Waals surface area contributed by atoms with Crippen molar-refractivity contribution in [2.24, 2.45) is 11.8 Å². The molecule has 1 fully saturated rings. The highest BCUT2D eigenvalue weighted by Gasteiger charge is 2.23. The third-order valence-electron chi connectivity index (χ3n) is 4.83. The first kappa shape index (κ1) is 16.4. The predicted molar refractivity (Wildman–Crippen MR) is 91.7 cm³/mol. The zero-order valence-electron chi connectivity index (χ0n) is 13.1. The zero-order chi connectivity index (χ0) is 16.3. The summed E-state index contributed by atoms with van der Waals surface area (Å²) in [5.74, 6) is 0.753. The van der Waals surface area contributed by atoms with Gasteiger partial charge in [0.2, 0.25) is 10.0 Å². The summed E-state index contributed by atoms with van der Waals surface area (Å²) in [6.07, 6.45) is 3.92. The van der Waals surface area contributed by atoms with Crippen LogP contribution in [-0.2, 0) is 10.0 Å². The van der Waals surface area contributed by atoms with Crippen LogP contribution in [0, 0.1) is 11.8 Å². The van der Waals surface area contributed by atoms with Crippen LogP contribution in [0.15, 0.2) is 47.4 Å². The van der Waals surface area contributed by atoms with E-state index >= 15 is 0 Å². The quantitative estimate of drug-likeness (QED) is 0.884. The normalized spacial score (nSPS) is 22.3. The van der Waals surface area contributed by atoms with Gasteiger partial charge in [-0.25, -0.2) is 13.1 Å². The fourth-order valence-electron chi connectivity index (χ4n) is 3.35. The molecular formula is C18H23NO3S. The molecule has 1 aliphatic carbocycles. The monoisotopic (exact) mass is 333 g/mol. The molecule has 0 saturated heterocycles. The second kappa shape index (κ2) is 6.99. The molecule has 0 atom stereocenters. The second-order valence-corrected chi connectivity index (χ2v) is 8.13. The lowest BCUT2D eigenvalue weighted by molar-refractivity contribution is 0.168. The Morgan fingerprint density at radius 3 is 2.35 bits per heavy atom. The Kier molecular flexibility index (Phi) is 4.99. The van der Waals surface area contributed by atoms with Crippen molar-refractivity contribution in [2.75, 3.05) is 13.2 Å². The van der Waals surface area contributed by atoms with Crippen LogP contribution in [0.5, 0.6) is 0 Å². The Labute approximate surface area is 137 Å². The lowest BCUT2D eigenvalue weighted by Gasteiger charge is -2.27. The van der Waals surface area contributed by atoms with Gasteiger partial charge in [-0.2, -0.15) is 0 Å². The van der Waals surface area contributed by atoms with Gasteiger partial charge in [0, 0.05) is 18.5 Å². The lowest BCUT2D eigenvalue weighted by Crippen LogP contribution is -2.31. The lowest BCUT2D eigenvalue weighted by atomic mass is 9.82. The van der Waals surface area contributed by atoms with Gasteiger partial charge in [0.1, 0.15) is 0 Å². The van der Waals surface area contributed by atoms with Crippen LogP contribution in [0.2, 0.25) is 0 Å². The van der Waals surface area contributed by atoms with Crippen LogP contribution >= 0.6 is 0 Å². The molecule has 4 nitrogen and oxygen atoms in total. The molecule has 0 unspecified atom stereocenters. The maximum Gasteiger partial charge on any atom is 0.241 e. The van der Waals surface area contributed by atoms with Gasteiger partial charge in [-0.1, -0.05) is 36.4 Å². The van der Waals surface area contributed by atoms with Gasteiger partial charge in [0.25, 0.3) is 0 Å². The third kappa shape index (κ3) is 3.74. The number of sulfonamides is 1. The van der Waals surface area contributed by atoms with Gasteiger partial charge in [-0.15, -0.1) is 0 Å². The van der Waals surface area contributed by atoms with Crippen molar-refractivity contribution in [2.45, 2.75) is 30.6 Å². The molecule has 0 heterocycles. The predicted octanol–water partition coefficient (Wildman–Crippen LogP) is 2.92. The third-order valence-corrected chi connectivity index (χ3v) is 6.31. The smallest absolute Gasteiger partial charge is 0.241 e. The average molecular weight is 333 g/mol. The van der Waals surface area contributed by atoms with E-state index in [1.807, 2.05) is 30.3 Å². The highest BCUT2D eigenvalue weighted by molar-refractivity contribution is 7.89. The molecule has 124 valence electrons. The van der Waals surface area contributed by atoms with Crippen LogP contribution in [0.3, 0.4) is 0 Å². The molecule has 0 aromatic heterocycles. The fraction of sp³-hybridized carbons (Fsp3) is 0.444. The average Bonchev–Trinajstić information content (AvgIpc) is 2.60. The molecule has 3 rings (SSSR count). The van der Waals surface area contributed by atoms with Gasteiger partial charge in [0.05, 0.1) is 4.90 Å². The molecule has 0 amide bonds. The highest BCUT2D eigenvalue weighted by Crippen LogP contribution is 2.28. The van der Waals surface area contributed by atoms with E-state index in [1.165, 1.54) is 0 Å². The first-order chi connectivity index (χ1) is 11.1. The summed E-state index contributed by atoms with van der Waals surface area (Å²) in [5.41, 5.74) is 0. The van der Waals surface area contributed by atoms with Crippen molar-refractivity contribution in [3.8, 4) is 0 Å². The zero-order valence-corrected chi connectivity index (χ0v) is 13.9.